The molecule has 0 radical (unpaired) electrons. The SMILES string of the molecule is OC(Cc1ccc(F)cc1)C1CSc2ccccc2O1. The summed E-state index contributed by atoms with van der Waals surface area (Å²) in [6.07, 6.45) is -0.366. The third-order valence-corrected chi connectivity index (χ3v) is 4.46. The molecule has 1 N–H and O–H groups in total. The highest BCUT2D eigenvalue weighted by Crippen LogP contribution is 2.36. The number of rotatable bonds is 3. The first-order valence-electron chi connectivity index (χ1n) is 6.53. The Morgan fingerprint density at radius 3 is 2.75 bits per heavy atom. The van der Waals surface area contributed by atoms with Gasteiger partial charge in [0.15, 0.2) is 0 Å². The summed E-state index contributed by atoms with van der Waals surface area (Å²) >= 11 is 1.69. The quantitative estimate of drug-likeness (QED) is 0.940. The molecule has 2 aromatic carbocycles. The third-order valence-electron chi connectivity index (χ3n) is 3.32. The van der Waals surface area contributed by atoms with Gasteiger partial charge in [-0.3, -0.25) is 0 Å². The van der Waals surface area contributed by atoms with Crippen LogP contribution in [0, 0.1) is 5.82 Å². The van der Waals surface area contributed by atoms with E-state index < -0.39 is 6.10 Å². The zero-order valence-corrected chi connectivity index (χ0v) is 11.6. The molecule has 1 heterocycles. The van der Waals surface area contributed by atoms with Gasteiger partial charge in [0.2, 0.25) is 0 Å². The van der Waals surface area contributed by atoms with Gasteiger partial charge < -0.3 is 9.84 Å². The van der Waals surface area contributed by atoms with Gasteiger partial charge in [-0.25, -0.2) is 4.39 Å². The summed E-state index contributed by atoms with van der Waals surface area (Å²) in [5, 5.41) is 10.3. The standard InChI is InChI=1S/C16H15FO2S/c17-12-7-5-11(6-8-12)9-13(18)15-10-20-16-4-2-1-3-14(16)19-15/h1-8,13,15,18H,9-10H2. The van der Waals surface area contributed by atoms with Crippen LogP contribution in [0.3, 0.4) is 0 Å². The fourth-order valence-corrected chi connectivity index (χ4v) is 3.29. The van der Waals surface area contributed by atoms with Crippen molar-refractivity contribution in [3.63, 3.8) is 0 Å². The molecule has 0 saturated carbocycles. The number of aliphatic hydroxyl groups is 1. The largest absolute Gasteiger partial charge is 0.486 e. The number of thioether (sulfide) groups is 1. The van der Waals surface area contributed by atoms with Crippen LogP contribution in [0.15, 0.2) is 53.4 Å². The van der Waals surface area contributed by atoms with Crippen LogP contribution >= 0.6 is 11.8 Å². The minimum Gasteiger partial charge on any atom is -0.486 e. The van der Waals surface area contributed by atoms with Gasteiger partial charge in [-0.05, 0) is 29.8 Å². The number of aliphatic hydroxyl groups excluding tert-OH is 1. The van der Waals surface area contributed by atoms with Crippen LogP contribution in [0.5, 0.6) is 5.75 Å². The second kappa shape index (κ2) is 5.85. The molecule has 104 valence electrons. The summed E-state index contributed by atoms with van der Waals surface area (Å²) in [5.41, 5.74) is 0.909. The Bertz CT molecular complexity index is 585. The van der Waals surface area contributed by atoms with Crippen molar-refractivity contribution in [2.75, 3.05) is 5.75 Å². The molecule has 20 heavy (non-hydrogen) atoms. The summed E-state index contributed by atoms with van der Waals surface area (Å²) in [5.74, 6) is 1.29. The topological polar surface area (TPSA) is 29.5 Å². The minimum absolute atomic E-state index is 0.236. The van der Waals surface area contributed by atoms with E-state index in [0.717, 1.165) is 22.0 Å². The van der Waals surface area contributed by atoms with Crippen molar-refractivity contribution in [1.29, 1.82) is 0 Å². The molecule has 2 unspecified atom stereocenters. The van der Waals surface area contributed by atoms with Crippen molar-refractivity contribution < 1.29 is 14.2 Å². The molecule has 2 aromatic rings. The van der Waals surface area contributed by atoms with Gasteiger partial charge >= 0.3 is 0 Å². The van der Waals surface area contributed by atoms with E-state index in [1.165, 1.54) is 12.1 Å². The van der Waals surface area contributed by atoms with Crippen LogP contribution in [0.2, 0.25) is 0 Å². The summed E-state index contributed by atoms with van der Waals surface area (Å²) in [4.78, 5) is 1.11. The Labute approximate surface area is 121 Å². The van der Waals surface area contributed by atoms with Crippen LogP contribution in [0.1, 0.15) is 5.56 Å². The van der Waals surface area contributed by atoms with Gasteiger partial charge in [0.1, 0.15) is 17.7 Å². The maximum atomic E-state index is 12.9. The highest BCUT2D eigenvalue weighted by molar-refractivity contribution is 7.99. The van der Waals surface area contributed by atoms with Gasteiger partial charge in [-0.2, -0.15) is 0 Å². The molecule has 0 bridgehead atoms. The van der Waals surface area contributed by atoms with E-state index >= 15 is 0 Å². The molecule has 1 aliphatic heterocycles. The average Bonchev–Trinajstić information content (AvgIpc) is 2.49. The second-order valence-corrected chi connectivity index (χ2v) is 5.87. The first kappa shape index (κ1) is 13.5. The summed E-state index contributed by atoms with van der Waals surface area (Å²) < 4.78 is 18.7. The molecular weight excluding hydrogens is 275 g/mol. The Balaban J connectivity index is 1.67. The molecule has 0 spiro atoms. The second-order valence-electron chi connectivity index (χ2n) is 4.81. The predicted octanol–water partition coefficient (Wildman–Crippen LogP) is 3.28. The zero-order chi connectivity index (χ0) is 13.9. The van der Waals surface area contributed by atoms with Crippen LogP contribution < -0.4 is 4.74 Å². The van der Waals surface area contributed by atoms with Gasteiger partial charge in [0.25, 0.3) is 0 Å². The fraction of sp³-hybridized carbons (Fsp3) is 0.250. The van der Waals surface area contributed by atoms with Crippen molar-refractivity contribution in [2.24, 2.45) is 0 Å². The predicted molar refractivity (Wildman–Crippen MR) is 77.7 cm³/mol. The van der Waals surface area contributed by atoms with Crippen molar-refractivity contribution in [2.45, 2.75) is 23.5 Å². The lowest BCUT2D eigenvalue weighted by Crippen LogP contribution is -2.37. The van der Waals surface area contributed by atoms with Crippen LogP contribution in [0.25, 0.3) is 0 Å². The molecule has 0 amide bonds. The van der Waals surface area contributed by atoms with Gasteiger partial charge in [0, 0.05) is 17.1 Å². The molecule has 3 rings (SSSR count). The van der Waals surface area contributed by atoms with Crippen molar-refractivity contribution >= 4 is 11.8 Å². The van der Waals surface area contributed by atoms with E-state index in [1.807, 2.05) is 24.3 Å². The van der Waals surface area contributed by atoms with E-state index in [9.17, 15) is 9.50 Å². The molecule has 4 heteroatoms. The summed E-state index contributed by atoms with van der Waals surface area (Å²) in [6.45, 7) is 0. The minimum atomic E-state index is -0.596. The van der Waals surface area contributed by atoms with Crippen molar-refractivity contribution in [3.05, 3.63) is 59.9 Å². The smallest absolute Gasteiger partial charge is 0.134 e. The highest BCUT2D eigenvalue weighted by Gasteiger charge is 2.26. The van der Waals surface area contributed by atoms with E-state index in [4.69, 9.17) is 4.74 Å². The Kier molecular flexibility index (Phi) is 3.94. The molecule has 2 nitrogen and oxygen atoms in total. The molecule has 0 fully saturated rings. The van der Waals surface area contributed by atoms with Crippen LogP contribution in [-0.4, -0.2) is 23.1 Å². The highest BCUT2D eigenvalue weighted by atomic mass is 32.2. The Hall–Kier alpha value is -1.52. The monoisotopic (exact) mass is 290 g/mol. The number of hydrogen-bond donors (Lipinski definition) is 1. The number of fused-ring (bicyclic) bond motifs is 1. The number of ether oxygens (including phenoxy) is 1. The van der Waals surface area contributed by atoms with Gasteiger partial charge in [-0.15, -0.1) is 11.8 Å². The normalized spacial score (nSPS) is 19.0. The summed E-state index contributed by atoms with van der Waals surface area (Å²) in [7, 11) is 0. The molecule has 0 saturated heterocycles. The van der Waals surface area contributed by atoms with Crippen LogP contribution in [-0.2, 0) is 6.42 Å². The number of benzene rings is 2. The molecule has 2 atom stereocenters. The van der Waals surface area contributed by atoms with Gasteiger partial charge in [0.05, 0.1) is 6.10 Å². The van der Waals surface area contributed by atoms with E-state index in [-0.39, 0.29) is 11.9 Å². The average molecular weight is 290 g/mol. The Morgan fingerprint density at radius 2 is 1.95 bits per heavy atom. The molecule has 0 aromatic heterocycles. The maximum Gasteiger partial charge on any atom is 0.134 e. The lowest BCUT2D eigenvalue weighted by atomic mass is 10.0. The number of hydrogen-bond acceptors (Lipinski definition) is 3. The fourth-order valence-electron chi connectivity index (χ4n) is 2.22. The maximum absolute atomic E-state index is 12.9. The van der Waals surface area contributed by atoms with E-state index in [0.29, 0.717) is 6.42 Å². The molecule has 1 aliphatic rings. The molecule has 0 aliphatic carbocycles. The zero-order valence-electron chi connectivity index (χ0n) is 10.8. The number of para-hydroxylation sites is 1. The van der Waals surface area contributed by atoms with E-state index in [1.54, 1.807) is 23.9 Å². The van der Waals surface area contributed by atoms with Crippen molar-refractivity contribution in [3.8, 4) is 5.75 Å². The first-order chi connectivity index (χ1) is 9.72. The Morgan fingerprint density at radius 1 is 1.20 bits per heavy atom. The third kappa shape index (κ3) is 2.97. The van der Waals surface area contributed by atoms with Crippen LogP contribution in [0.4, 0.5) is 4.39 Å². The van der Waals surface area contributed by atoms with E-state index in [2.05, 4.69) is 0 Å². The molecular formula is C16H15FO2S. The lowest BCUT2D eigenvalue weighted by Gasteiger charge is -2.29. The van der Waals surface area contributed by atoms with Gasteiger partial charge in [-0.1, -0.05) is 24.3 Å². The number of halogens is 1. The van der Waals surface area contributed by atoms with Crippen molar-refractivity contribution in [1.82, 2.24) is 0 Å². The first-order valence-corrected chi connectivity index (χ1v) is 7.52. The lowest BCUT2D eigenvalue weighted by molar-refractivity contribution is 0.0468. The summed E-state index contributed by atoms with van der Waals surface area (Å²) in [6, 6.07) is 14.0.